The van der Waals surface area contributed by atoms with Gasteiger partial charge in [-0.05, 0) is 88.2 Å². The van der Waals surface area contributed by atoms with E-state index < -0.39 is 12.7 Å². The van der Waals surface area contributed by atoms with Gasteiger partial charge in [-0.2, -0.15) is 18.2 Å². The zero-order valence-corrected chi connectivity index (χ0v) is 37.1. The molecule has 0 saturated heterocycles. The summed E-state index contributed by atoms with van der Waals surface area (Å²) in [4.78, 5) is 9.58. The van der Waals surface area contributed by atoms with Gasteiger partial charge in [0.1, 0.15) is 5.82 Å². The van der Waals surface area contributed by atoms with Crippen LogP contribution in [0.15, 0.2) is 134 Å². The zero-order chi connectivity index (χ0) is 44.4. The predicted molar refractivity (Wildman–Crippen MR) is 239 cm³/mol. The van der Waals surface area contributed by atoms with E-state index >= 15 is 0 Å². The van der Waals surface area contributed by atoms with Crippen LogP contribution >= 0.6 is 0 Å². The Hall–Kier alpha value is -5.84. The van der Waals surface area contributed by atoms with Crippen LogP contribution in [0.4, 0.5) is 0 Å². The normalized spacial score (nSPS) is 13.3. The Balaban J connectivity index is 0.00000560. The Morgan fingerprint density at radius 1 is 0.683 bits per heavy atom. The van der Waals surface area contributed by atoms with Gasteiger partial charge in [0.25, 0.3) is 6.33 Å². The smallest absolute Gasteiger partial charge is 0.269 e. The van der Waals surface area contributed by atoms with Crippen LogP contribution < -0.4 is 9.30 Å². The number of ether oxygens (including phenoxy) is 1. The summed E-state index contributed by atoms with van der Waals surface area (Å²) in [5, 5.41) is 2.10. The molecule has 0 spiro atoms. The average molecular weight is 971 g/mol. The third-order valence-corrected chi connectivity index (χ3v) is 10.3. The number of pyridine rings is 2. The molecule has 0 unspecified atom stereocenters. The van der Waals surface area contributed by atoms with Crippen LogP contribution in [0.3, 0.4) is 0 Å². The van der Waals surface area contributed by atoms with Crippen molar-refractivity contribution in [2.75, 3.05) is 0 Å². The summed E-state index contributed by atoms with van der Waals surface area (Å²) in [6, 6.07) is 46.9. The average Bonchev–Trinajstić information content (AvgIpc) is 3.82. The Kier molecular flexibility index (Phi) is 10.0. The molecule has 9 rings (SSSR count). The number of nitrogens with zero attached hydrogens (tertiary/aromatic N) is 5. The molecule has 0 atom stereocenters. The molecule has 0 bridgehead atoms. The molecule has 7 heteroatoms. The summed E-state index contributed by atoms with van der Waals surface area (Å²) in [5.74, 6) is 1.47. The molecule has 0 aliphatic rings. The molecule has 0 aliphatic heterocycles. The summed E-state index contributed by atoms with van der Waals surface area (Å²) < 4.78 is 48.3. The van der Waals surface area contributed by atoms with Gasteiger partial charge in [-0.15, -0.1) is 17.5 Å². The second-order valence-corrected chi connectivity index (χ2v) is 16.7. The second-order valence-electron chi connectivity index (χ2n) is 16.7. The fraction of sp³-hybridized carbons (Fsp3) is 0.226. The minimum atomic E-state index is -1.70. The molecule has 0 fully saturated rings. The van der Waals surface area contributed by atoms with E-state index in [1.54, 1.807) is 35.0 Å². The Labute approximate surface area is 373 Å². The van der Waals surface area contributed by atoms with Gasteiger partial charge in [-0.3, -0.25) is 14.1 Å². The van der Waals surface area contributed by atoms with E-state index in [4.69, 9.17) is 20.2 Å². The van der Waals surface area contributed by atoms with Crippen molar-refractivity contribution in [1.82, 2.24) is 19.1 Å². The quantitative estimate of drug-likeness (QED) is 0.101. The Morgan fingerprint density at radius 3 is 2.12 bits per heavy atom. The van der Waals surface area contributed by atoms with Gasteiger partial charge in [-0.25, -0.2) is 4.98 Å². The van der Waals surface area contributed by atoms with Gasteiger partial charge >= 0.3 is 0 Å². The summed E-state index contributed by atoms with van der Waals surface area (Å²) >= 11 is 0. The molecule has 0 radical (unpaired) electrons. The zero-order valence-electron chi connectivity index (χ0n) is 38.8. The molecule has 0 saturated carbocycles. The minimum Gasteiger partial charge on any atom is -0.522 e. The van der Waals surface area contributed by atoms with Crippen molar-refractivity contribution < 1.29 is 35.9 Å². The van der Waals surface area contributed by atoms with Gasteiger partial charge in [-0.1, -0.05) is 144 Å². The molecule has 0 aliphatic carbocycles. The molecule has 60 heavy (non-hydrogen) atoms. The third-order valence-electron chi connectivity index (χ3n) is 10.3. The fourth-order valence-corrected chi connectivity index (χ4v) is 7.67. The maximum Gasteiger partial charge on any atom is 0.269 e. The molecular formula is C53H49N5OPt-2. The number of imidazole rings is 1. The summed E-state index contributed by atoms with van der Waals surface area (Å²) in [5.41, 5.74) is 8.17. The van der Waals surface area contributed by atoms with E-state index in [2.05, 4.69) is 104 Å². The fourth-order valence-electron chi connectivity index (χ4n) is 7.67. The summed E-state index contributed by atoms with van der Waals surface area (Å²) in [6.45, 7) is 14.0. The van der Waals surface area contributed by atoms with E-state index in [1.165, 1.54) is 5.56 Å². The topological polar surface area (TPSA) is 48.8 Å². The number of hydrogen-bond donors (Lipinski definition) is 0. The predicted octanol–water partition coefficient (Wildman–Crippen LogP) is 12.3. The Morgan fingerprint density at radius 2 is 1.38 bits per heavy atom. The molecule has 0 amide bonds. The largest absolute Gasteiger partial charge is 0.522 e. The first kappa shape index (κ1) is 36.0. The molecule has 4 aromatic heterocycles. The molecule has 6 nitrogen and oxygen atoms in total. The van der Waals surface area contributed by atoms with E-state index in [1.807, 2.05) is 74.9 Å². The molecule has 304 valence electrons. The van der Waals surface area contributed by atoms with Crippen LogP contribution in [0.1, 0.15) is 70.6 Å². The molecule has 4 heterocycles. The van der Waals surface area contributed by atoms with Crippen molar-refractivity contribution in [3.63, 3.8) is 0 Å². The molecule has 0 N–H and O–H groups in total. The van der Waals surface area contributed by atoms with Crippen molar-refractivity contribution in [3.05, 3.63) is 169 Å². The van der Waals surface area contributed by atoms with Crippen LogP contribution in [0.25, 0.3) is 61.3 Å². The van der Waals surface area contributed by atoms with Crippen molar-refractivity contribution in [1.29, 1.82) is 0 Å². The van der Waals surface area contributed by atoms with Crippen molar-refractivity contribution in [2.24, 2.45) is 11.8 Å². The molecule has 5 aromatic carbocycles. The number of aromatic nitrogens is 5. The number of fused-ring (bicyclic) bond motifs is 4. The molecular weight excluding hydrogens is 918 g/mol. The second kappa shape index (κ2) is 16.7. The first-order valence-corrected chi connectivity index (χ1v) is 20.2. The Bertz CT molecular complexity index is 3130. The van der Waals surface area contributed by atoms with Crippen LogP contribution in [-0.2, 0) is 39.2 Å². The van der Waals surface area contributed by atoms with E-state index in [0.29, 0.717) is 34.1 Å². The van der Waals surface area contributed by atoms with Crippen molar-refractivity contribution in [3.8, 4) is 39.9 Å². The minimum absolute atomic E-state index is 0. The number of para-hydroxylation sites is 2. The number of hydrogen-bond acceptors (Lipinski definition) is 3. The number of rotatable bonds is 10. The maximum atomic E-state index is 8.99. The van der Waals surface area contributed by atoms with Crippen molar-refractivity contribution in [2.45, 2.75) is 66.6 Å². The van der Waals surface area contributed by atoms with Crippen LogP contribution in [0.2, 0.25) is 0 Å². The van der Waals surface area contributed by atoms with Gasteiger partial charge < -0.3 is 9.30 Å². The van der Waals surface area contributed by atoms with E-state index in [0.717, 1.165) is 49.8 Å². The van der Waals surface area contributed by atoms with Crippen molar-refractivity contribution >= 4 is 32.8 Å². The van der Waals surface area contributed by atoms with Crippen LogP contribution in [0.5, 0.6) is 11.5 Å². The summed E-state index contributed by atoms with van der Waals surface area (Å²) in [7, 11) is 0. The van der Waals surface area contributed by atoms with Crippen LogP contribution in [0, 0.1) is 30.3 Å². The number of benzene rings is 5. The van der Waals surface area contributed by atoms with Gasteiger partial charge in [0.05, 0.1) is 22.5 Å². The monoisotopic (exact) mass is 970 g/mol. The van der Waals surface area contributed by atoms with E-state index in [9.17, 15) is 0 Å². The maximum absolute atomic E-state index is 8.99. The third kappa shape index (κ3) is 8.18. The van der Waals surface area contributed by atoms with Gasteiger partial charge in [0.15, 0.2) is 0 Å². The standard InChI is InChI=1S/C53H49N5O.Pt/c1-35(2)25-37-27-38(26-36(3)4)29-42(28-37)56-34-57(49-16-12-11-15-48(49)56)51-33-44(22-24-54-51)59-43-18-19-45-46-30-40(39-13-9-8-10-14-39)17-20-47(46)58(50(45)32-43)52-31-41(21-23-55-52)53(5,6)7;/h8-24,27-31,35-36H,25-26H2,1-7H3;/q-2;/i25D2,26D2;. The molecule has 9 aromatic rings. The van der Waals surface area contributed by atoms with Gasteiger partial charge in [0.2, 0.25) is 0 Å². The SMILES string of the molecule is [2H]C([2H])(c1cc(-[n+]2[c-]n(-c3[c-]c(Oc4[c-]c5c(cc4)c4cc(-c6ccccc6)ccc4n5-c4cc(C(C)(C)C)ccn4)ccn3)c3ccccc32)cc(C([2H])([2H])C(C)C)c1)C(C)C.[Pt]. The first-order chi connectivity index (χ1) is 30.0. The first-order valence-electron chi connectivity index (χ1n) is 22.2. The summed E-state index contributed by atoms with van der Waals surface area (Å²) in [6.07, 6.45) is 3.58. The van der Waals surface area contributed by atoms with Crippen LogP contribution in [-0.4, -0.2) is 19.1 Å². The van der Waals surface area contributed by atoms with Gasteiger partial charge in [0, 0.05) is 44.0 Å². The van der Waals surface area contributed by atoms with E-state index in [-0.39, 0.29) is 38.3 Å².